The highest BCUT2D eigenvalue weighted by molar-refractivity contribution is 5.86. The van der Waals surface area contributed by atoms with Crippen molar-refractivity contribution in [3.05, 3.63) is 46.8 Å². The molecule has 5 nitrogen and oxygen atoms in total. The fourth-order valence-corrected chi connectivity index (χ4v) is 4.31. The van der Waals surface area contributed by atoms with Crippen LogP contribution in [0.25, 0.3) is 10.9 Å². The molecule has 0 radical (unpaired) electrons. The quantitative estimate of drug-likeness (QED) is 0.762. The van der Waals surface area contributed by atoms with Crippen LogP contribution in [0.5, 0.6) is 11.6 Å². The van der Waals surface area contributed by atoms with Crippen LogP contribution in [0.3, 0.4) is 0 Å². The second-order valence-electron chi connectivity index (χ2n) is 6.71. The molecule has 0 unspecified atom stereocenters. The van der Waals surface area contributed by atoms with Crippen molar-refractivity contribution in [3.63, 3.8) is 0 Å². The first-order valence-corrected chi connectivity index (χ1v) is 8.44. The van der Waals surface area contributed by atoms with Crippen molar-refractivity contribution in [3.8, 4) is 11.6 Å². The molecule has 0 bridgehead atoms. The Morgan fingerprint density at radius 1 is 1.08 bits per heavy atom. The molecule has 0 fully saturated rings. The highest BCUT2D eigenvalue weighted by atomic mass is 16.5. The molecule has 2 N–H and O–H groups in total. The van der Waals surface area contributed by atoms with Crippen molar-refractivity contribution < 1.29 is 9.47 Å². The first-order chi connectivity index (χ1) is 11.8. The predicted octanol–water partition coefficient (Wildman–Crippen LogP) is 3.17. The van der Waals surface area contributed by atoms with Crippen LogP contribution in [0.4, 0.5) is 0 Å². The van der Waals surface area contributed by atoms with Crippen LogP contribution in [0.2, 0.25) is 0 Å². The SMILES string of the molecule is COc1ccc2[nH]c3c(c2c1)C[C@H]1c2cc(OC)[nH]c2CCN1C3. The van der Waals surface area contributed by atoms with E-state index in [1.165, 1.54) is 33.4 Å². The van der Waals surface area contributed by atoms with Gasteiger partial charge in [-0.05, 0) is 35.7 Å². The molecule has 4 heterocycles. The summed E-state index contributed by atoms with van der Waals surface area (Å²) in [5.74, 6) is 1.78. The van der Waals surface area contributed by atoms with Crippen molar-refractivity contribution in [2.75, 3.05) is 20.8 Å². The Morgan fingerprint density at radius 3 is 2.83 bits per heavy atom. The number of nitrogens with zero attached hydrogens (tertiary/aromatic N) is 1. The van der Waals surface area contributed by atoms with Gasteiger partial charge in [0.2, 0.25) is 0 Å². The molecule has 2 aromatic heterocycles. The van der Waals surface area contributed by atoms with E-state index in [1.54, 1.807) is 14.2 Å². The average Bonchev–Trinajstić information content (AvgIpc) is 3.20. The van der Waals surface area contributed by atoms with E-state index in [1.807, 2.05) is 6.07 Å². The Labute approximate surface area is 140 Å². The van der Waals surface area contributed by atoms with Crippen LogP contribution in [0, 0.1) is 0 Å². The number of aromatic nitrogens is 2. The van der Waals surface area contributed by atoms with Gasteiger partial charge in [-0.3, -0.25) is 4.90 Å². The van der Waals surface area contributed by atoms with Crippen molar-refractivity contribution in [1.82, 2.24) is 14.9 Å². The van der Waals surface area contributed by atoms with E-state index >= 15 is 0 Å². The molecule has 2 aliphatic heterocycles. The number of nitrogens with one attached hydrogen (secondary N) is 2. The lowest BCUT2D eigenvalue weighted by Crippen LogP contribution is -2.38. The summed E-state index contributed by atoms with van der Waals surface area (Å²) < 4.78 is 10.8. The molecule has 0 saturated heterocycles. The molecule has 1 aromatic carbocycles. The first kappa shape index (κ1) is 14.0. The number of benzene rings is 1. The summed E-state index contributed by atoms with van der Waals surface area (Å²) in [6.07, 6.45) is 2.08. The van der Waals surface area contributed by atoms with Crippen LogP contribution in [-0.2, 0) is 19.4 Å². The third kappa shape index (κ3) is 1.91. The Kier molecular flexibility index (Phi) is 2.94. The van der Waals surface area contributed by atoms with Gasteiger partial charge in [0.25, 0.3) is 0 Å². The van der Waals surface area contributed by atoms with E-state index in [-0.39, 0.29) is 0 Å². The highest BCUT2D eigenvalue weighted by Gasteiger charge is 2.35. The number of ether oxygens (including phenoxy) is 2. The van der Waals surface area contributed by atoms with Gasteiger partial charge in [0, 0.05) is 53.9 Å². The number of hydrogen-bond acceptors (Lipinski definition) is 3. The maximum Gasteiger partial charge on any atom is 0.190 e. The summed E-state index contributed by atoms with van der Waals surface area (Å²) in [6, 6.07) is 8.89. The Hall–Kier alpha value is -2.40. The minimum Gasteiger partial charge on any atom is -0.497 e. The predicted molar refractivity (Wildman–Crippen MR) is 92.8 cm³/mol. The van der Waals surface area contributed by atoms with Gasteiger partial charge in [0.05, 0.1) is 14.2 Å². The Morgan fingerprint density at radius 2 is 2.00 bits per heavy atom. The molecule has 0 spiro atoms. The summed E-state index contributed by atoms with van der Waals surface area (Å²) in [6.45, 7) is 2.06. The number of H-pyrrole nitrogens is 2. The van der Waals surface area contributed by atoms with Crippen molar-refractivity contribution >= 4 is 10.9 Å². The maximum absolute atomic E-state index is 5.42. The largest absolute Gasteiger partial charge is 0.497 e. The minimum atomic E-state index is 0.423. The molecule has 2 aliphatic rings. The van der Waals surface area contributed by atoms with Gasteiger partial charge < -0.3 is 19.4 Å². The van der Waals surface area contributed by atoms with Gasteiger partial charge in [-0.2, -0.15) is 0 Å². The number of hydrogen-bond donors (Lipinski definition) is 2. The minimum absolute atomic E-state index is 0.423. The second-order valence-corrected chi connectivity index (χ2v) is 6.71. The number of methoxy groups -OCH3 is 2. The molecule has 0 amide bonds. The number of fused-ring (bicyclic) bond motifs is 6. The lowest BCUT2D eigenvalue weighted by Gasteiger charge is -2.39. The van der Waals surface area contributed by atoms with Gasteiger partial charge in [0.15, 0.2) is 5.88 Å². The molecule has 5 heteroatoms. The van der Waals surface area contributed by atoms with Gasteiger partial charge in [-0.15, -0.1) is 0 Å². The maximum atomic E-state index is 5.42. The highest BCUT2D eigenvalue weighted by Crippen LogP contribution is 2.41. The summed E-state index contributed by atoms with van der Waals surface area (Å²) >= 11 is 0. The average molecular weight is 323 g/mol. The molecule has 24 heavy (non-hydrogen) atoms. The molecular weight excluding hydrogens is 302 g/mol. The first-order valence-electron chi connectivity index (χ1n) is 8.44. The van der Waals surface area contributed by atoms with Crippen LogP contribution < -0.4 is 9.47 Å². The Balaban J connectivity index is 1.61. The van der Waals surface area contributed by atoms with Crippen molar-refractivity contribution in [2.24, 2.45) is 0 Å². The van der Waals surface area contributed by atoms with Crippen molar-refractivity contribution in [2.45, 2.75) is 25.4 Å². The third-order valence-electron chi connectivity index (χ3n) is 5.54. The number of aromatic amines is 2. The zero-order valence-corrected chi connectivity index (χ0v) is 14.0. The third-order valence-corrected chi connectivity index (χ3v) is 5.54. The molecule has 0 saturated carbocycles. The van der Waals surface area contributed by atoms with E-state index in [0.29, 0.717) is 6.04 Å². The summed E-state index contributed by atoms with van der Waals surface area (Å²) in [5.41, 5.74) is 6.70. The fourth-order valence-electron chi connectivity index (χ4n) is 4.31. The van der Waals surface area contributed by atoms with E-state index in [9.17, 15) is 0 Å². The van der Waals surface area contributed by atoms with E-state index in [4.69, 9.17) is 9.47 Å². The molecular formula is C19H21N3O2. The summed E-state index contributed by atoms with van der Waals surface area (Å²) in [7, 11) is 3.45. The van der Waals surface area contributed by atoms with Gasteiger partial charge in [-0.25, -0.2) is 0 Å². The lowest BCUT2D eigenvalue weighted by atomic mass is 9.88. The zero-order chi connectivity index (χ0) is 16.3. The van der Waals surface area contributed by atoms with Crippen LogP contribution in [-0.4, -0.2) is 35.6 Å². The number of rotatable bonds is 2. The van der Waals surface area contributed by atoms with Crippen LogP contribution in [0.1, 0.15) is 28.6 Å². The van der Waals surface area contributed by atoms with Crippen molar-refractivity contribution in [1.29, 1.82) is 0 Å². The van der Waals surface area contributed by atoms with E-state index in [0.717, 1.165) is 37.6 Å². The second kappa shape index (κ2) is 5.05. The molecule has 0 aliphatic carbocycles. The lowest BCUT2D eigenvalue weighted by molar-refractivity contribution is 0.159. The molecule has 1 atom stereocenters. The zero-order valence-electron chi connectivity index (χ0n) is 14.0. The van der Waals surface area contributed by atoms with Gasteiger partial charge in [-0.1, -0.05) is 0 Å². The standard InChI is InChI=1S/C19H21N3O2/c1-23-11-3-4-15-12(7-11)13-8-18-14-9-19(24-2)21-16(14)5-6-22(18)10-17(13)20-15/h3-4,7,9,18,20-21H,5-6,8,10H2,1-2H3/t18-/m0/s1. The monoisotopic (exact) mass is 323 g/mol. The summed E-state index contributed by atoms with van der Waals surface area (Å²) in [5, 5.41) is 1.29. The Bertz CT molecular complexity index is 924. The van der Waals surface area contributed by atoms with Crippen LogP contribution in [0.15, 0.2) is 24.3 Å². The van der Waals surface area contributed by atoms with Gasteiger partial charge in [0.1, 0.15) is 5.75 Å². The molecule has 124 valence electrons. The smallest absolute Gasteiger partial charge is 0.190 e. The fraction of sp³-hybridized carbons (Fsp3) is 0.368. The normalized spacial score (nSPS) is 19.7. The van der Waals surface area contributed by atoms with Crippen LogP contribution >= 0.6 is 0 Å². The van der Waals surface area contributed by atoms with E-state index < -0.39 is 0 Å². The van der Waals surface area contributed by atoms with Gasteiger partial charge >= 0.3 is 0 Å². The summed E-state index contributed by atoms with van der Waals surface area (Å²) in [4.78, 5) is 9.60. The topological polar surface area (TPSA) is 53.3 Å². The molecule has 3 aromatic rings. The van der Waals surface area contributed by atoms with E-state index in [2.05, 4.69) is 33.1 Å². The molecule has 5 rings (SSSR count).